The van der Waals surface area contributed by atoms with E-state index in [2.05, 4.69) is 4.90 Å². The Kier molecular flexibility index (Phi) is 7.96. The Morgan fingerprint density at radius 1 is 0.886 bits per heavy atom. The highest BCUT2D eigenvalue weighted by atomic mass is 35.5. The maximum absolute atomic E-state index is 13.5. The fourth-order valence-electron chi connectivity index (χ4n) is 3.91. The van der Waals surface area contributed by atoms with Crippen molar-refractivity contribution in [2.24, 2.45) is 0 Å². The van der Waals surface area contributed by atoms with E-state index in [1.807, 2.05) is 0 Å². The van der Waals surface area contributed by atoms with Crippen LogP contribution in [0.25, 0.3) is 0 Å². The number of piperazine rings is 1. The Labute approximate surface area is 214 Å². The summed E-state index contributed by atoms with van der Waals surface area (Å²) in [4.78, 5) is 17.0. The number of anilines is 1. The number of carbonyl (C=O) groups is 1. The summed E-state index contributed by atoms with van der Waals surface area (Å²) in [5, 5.41) is 0.834. The van der Waals surface area contributed by atoms with E-state index in [1.54, 1.807) is 41.3 Å². The van der Waals surface area contributed by atoms with E-state index in [9.17, 15) is 17.6 Å². The Morgan fingerprint density at radius 3 is 2.14 bits per heavy atom. The van der Waals surface area contributed by atoms with Crippen molar-refractivity contribution >= 4 is 44.8 Å². The Bertz CT molecular complexity index is 1280. The summed E-state index contributed by atoms with van der Waals surface area (Å²) >= 11 is 12.2. The molecule has 6 nitrogen and oxygen atoms in total. The molecule has 3 aromatic rings. The first kappa shape index (κ1) is 25.4. The van der Waals surface area contributed by atoms with E-state index in [-0.39, 0.29) is 29.7 Å². The van der Waals surface area contributed by atoms with Crippen LogP contribution >= 0.6 is 23.2 Å². The van der Waals surface area contributed by atoms with Gasteiger partial charge in [-0.3, -0.25) is 4.79 Å². The number of amides is 1. The van der Waals surface area contributed by atoms with Crippen LogP contribution in [0.1, 0.15) is 5.56 Å². The van der Waals surface area contributed by atoms with E-state index < -0.39 is 10.0 Å². The van der Waals surface area contributed by atoms with Crippen molar-refractivity contribution in [2.45, 2.75) is 11.4 Å². The first-order valence-electron chi connectivity index (χ1n) is 11.0. The minimum atomic E-state index is -4.00. The normalized spacial score (nSPS) is 14.4. The predicted octanol–water partition coefficient (Wildman–Crippen LogP) is 4.67. The zero-order valence-corrected chi connectivity index (χ0v) is 21.1. The molecule has 1 aliphatic rings. The molecule has 35 heavy (non-hydrogen) atoms. The quantitative estimate of drug-likeness (QED) is 0.441. The summed E-state index contributed by atoms with van der Waals surface area (Å²) in [7, 11) is -4.00. The third kappa shape index (κ3) is 6.13. The molecule has 0 aliphatic carbocycles. The maximum atomic E-state index is 13.5. The molecule has 0 radical (unpaired) electrons. The van der Waals surface area contributed by atoms with Crippen LogP contribution in [-0.2, 0) is 21.4 Å². The molecular weight excluding hydrogens is 512 g/mol. The second-order valence-electron chi connectivity index (χ2n) is 8.16. The fourth-order valence-corrected chi connectivity index (χ4v) is 5.60. The summed E-state index contributed by atoms with van der Waals surface area (Å²) in [6.45, 7) is 1.60. The van der Waals surface area contributed by atoms with Crippen LogP contribution < -0.4 is 4.90 Å². The first-order chi connectivity index (χ1) is 16.7. The van der Waals surface area contributed by atoms with Gasteiger partial charge in [0.1, 0.15) is 5.82 Å². The van der Waals surface area contributed by atoms with Crippen molar-refractivity contribution in [2.75, 3.05) is 37.6 Å². The molecular formula is C25H24Cl2FN3O3S. The molecule has 1 fully saturated rings. The van der Waals surface area contributed by atoms with Gasteiger partial charge >= 0.3 is 0 Å². The van der Waals surface area contributed by atoms with Crippen LogP contribution in [0.5, 0.6) is 0 Å². The van der Waals surface area contributed by atoms with E-state index in [4.69, 9.17) is 23.2 Å². The molecule has 0 bridgehead atoms. The van der Waals surface area contributed by atoms with E-state index >= 15 is 0 Å². The fraction of sp³-hybridized carbons (Fsp3) is 0.240. The molecule has 3 aromatic carbocycles. The van der Waals surface area contributed by atoms with Gasteiger partial charge in [-0.2, -0.15) is 4.31 Å². The topological polar surface area (TPSA) is 60.9 Å². The zero-order valence-electron chi connectivity index (χ0n) is 18.8. The second-order valence-corrected chi connectivity index (χ2v) is 10.9. The smallest absolute Gasteiger partial charge is 0.243 e. The largest absolute Gasteiger partial charge is 0.368 e. The minimum Gasteiger partial charge on any atom is -0.368 e. The molecule has 4 rings (SSSR count). The lowest BCUT2D eigenvalue weighted by atomic mass is 10.2. The van der Waals surface area contributed by atoms with Gasteiger partial charge in [0.25, 0.3) is 0 Å². The van der Waals surface area contributed by atoms with E-state index in [1.165, 1.54) is 36.4 Å². The lowest BCUT2D eigenvalue weighted by Gasteiger charge is -2.37. The SMILES string of the molecule is O=C(CN(Cc1ccccc1Cl)S(=O)(=O)c1ccc(Cl)cc1)N1CCN(c2ccc(F)cc2)CC1. The molecule has 1 heterocycles. The number of halogens is 3. The van der Waals surface area contributed by atoms with Crippen LogP contribution in [-0.4, -0.2) is 56.3 Å². The van der Waals surface area contributed by atoms with E-state index in [0.717, 1.165) is 9.99 Å². The van der Waals surface area contributed by atoms with Crippen molar-refractivity contribution in [3.63, 3.8) is 0 Å². The van der Waals surface area contributed by atoms with Gasteiger partial charge in [-0.25, -0.2) is 12.8 Å². The monoisotopic (exact) mass is 535 g/mol. The van der Waals surface area contributed by atoms with Gasteiger partial charge in [-0.1, -0.05) is 41.4 Å². The van der Waals surface area contributed by atoms with Gasteiger partial charge < -0.3 is 9.80 Å². The number of nitrogens with zero attached hydrogens (tertiary/aromatic N) is 3. The van der Waals surface area contributed by atoms with E-state index in [0.29, 0.717) is 41.8 Å². The Balaban J connectivity index is 1.50. The molecule has 1 aliphatic heterocycles. The van der Waals surface area contributed by atoms with Gasteiger partial charge in [-0.15, -0.1) is 0 Å². The van der Waals surface area contributed by atoms with Crippen molar-refractivity contribution < 1.29 is 17.6 Å². The van der Waals surface area contributed by atoms with Crippen molar-refractivity contribution in [1.29, 1.82) is 0 Å². The highest BCUT2D eigenvalue weighted by molar-refractivity contribution is 7.89. The Hall–Kier alpha value is -2.65. The van der Waals surface area contributed by atoms with Crippen LogP contribution in [0.15, 0.2) is 77.7 Å². The van der Waals surface area contributed by atoms with Gasteiger partial charge in [0.15, 0.2) is 0 Å². The predicted molar refractivity (Wildman–Crippen MR) is 136 cm³/mol. The third-order valence-electron chi connectivity index (χ3n) is 5.89. The number of hydrogen-bond acceptors (Lipinski definition) is 4. The molecule has 10 heteroatoms. The molecule has 0 N–H and O–H groups in total. The molecule has 0 saturated carbocycles. The van der Waals surface area contributed by atoms with Gasteiger partial charge in [0, 0.05) is 48.5 Å². The Morgan fingerprint density at radius 2 is 1.51 bits per heavy atom. The number of rotatable bonds is 7. The van der Waals surface area contributed by atoms with Crippen LogP contribution in [0, 0.1) is 5.82 Å². The average Bonchev–Trinajstić information content (AvgIpc) is 2.85. The highest BCUT2D eigenvalue weighted by Gasteiger charge is 2.30. The zero-order chi connectivity index (χ0) is 25.0. The van der Waals surface area contributed by atoms with Crippen molar-refractivity contribution in [3.05, 3.63) is 94.2 Å². The number of hydrogen-bond donors (Lipinski definition) is 0. The highest BCUT2D eigenvalue weighted by Crippen LogP contribution is 2.24. The molecule has 1 saturated heterocycles. The lowest BCUT2D eigenvalue weighted by Crippen LogP contribution is -2.51. The number of benzene rings is 3. The van der Waals surface area contributed by atoms with Gasteiger partial charge in [0.2, 0.25) is 15.9 Å². The summed E-state index contributed by atoms with van der Waals surface area (Å²) in [5.41, 5.74) is 1.48. The molecule has 0 aromatic heterocycles. The third-order valence-corrected chi connectivity index (χ3v) is 8.32. The number of sulfonamides is 1. The van der Waals surface area contributed by atoms with Crippen LogP contribution in [0.2, 0.25) is 10.0 Å². The maximum Gasteiger partial charge on any atom is 0.243 e. The summed E-state index contributed by atoms with van der Waals surface area (Å²) in [5.74, 6) is -0.601. The summed E-state index contributed by atoms with van der Waals surface area (Å²) < 4.78 is 41.3. The molecule has 0 atom stereocenters. The lowest BCUT2D eigenvalue weighted by molar-refractivity contribution is -0.131. The minimum absolute atomic E-state index is 0.0443. The number of carbonyl (C=O) groups excluding carboxylic acids is 1. The molecule has 184 valence electrons. The summed E-state index contributed by atoms with van der Waals surface area (Å²) in [6.07, 6.45) is 0. The second kappa shape index (κ2) is 11.0. The van der Waals surface area contributed by atoms with Gasteiger partial charge in [-0.05, 0) is 60.2 Å². The molecule has 1 amide bonds. The van der Waals surface area contributed by atoms with Crippen molar-refractivity contribution in [1.82, 2.24) is 9.21 Å². The average molecular weight is 536 g/mol. The molecule has 0 spiro atoms. The van der Waals surface area contributed by atoms with Gasteiger partial charge in [0.05, 0.1) is 11.4 Å². The van der Waals surface area contributed by atoms with Crippen LogP contribution in [0.3, 0.4) is 0 Å². The summed E-state index contributed by atoms with van der Waals surface area (Å²) in [6, 6.07) is 19.0. The molecule has 0 unspecified atom stereocenters. The standard InChI is InChI=1S/C25H24Cl2FN3O3S/c26-20-5-11-23(12-6-20)35(33,34)31(17-19-3-1-2-4-24(19)27)18-25(32)30-15-13-29(14-16-30)22-9-7-21(28)8-10-22/h1-12H,13-18H2. The van der Waals surface area contributed by atoms with Crippen LogP contribution in [0.4, 0.5) is 10.1 Å². The first-order valence-corrected chi connectivity index (χ1v) is 13.2. The van der Waals surface area contributed by atoms with Crippen molar-refractivity contribution in [3.8, 4) is 0 Å².